The van der Waals surface area contributed by atoms with Crippen molar-refractivity contribution >= 4 is 34.9 Å². The summed E-state index contributed by atoms with van der Waals surface area (Å²) in [6, 6.07) is 1.79. The summed E-state index contributed by atoms with van der Waals surface area (Å²) in [6.45, 7) is 2.78. The summed E-state index contributed by atoms with van der Waals surface area (Å²) in [7, 11) is 0. The van der Waals surface area contributed by atoms with E-state index in [4.69, 9.17) is 18.0 Å². The summed E-state index contributed by atoms with van der Waals surface area (Å²) >= 11 is 6.77. The fourth-order valence-electron chi connectivity index (χ4n) is 1.35. The van der Waals surface area contributed by atoms with Gasteiger partial charge < -0.3 is 11.1 Å². The minimum atomic E-state index is 0.306. The Bertz CT molecular complexity index is 382. The highest BCUT2D eigenvalue weighted by Crippen LogP contribution is 2.06. The molecule has 0 spiro atoms. The molecule has 1 rings (SSSR count). The second kappa shape index (κ2) is 7.45. The molecule has 1 aromatic rings. The molecule has 3 N–H and O–H groups in total. The fraction of sp³-hybridized carbons (Fsp3) is 0.545. The number of nitrogens with one attached hydrogen (secondary N) is 1. The smallest absolute Gasteiger partial charge is 0.223 e. The van der Waals surface area contributed by atoms with Crippen molar-refractivity contribution in [2.24, 2.45) is 5.73 Å². The van der Waals surface area contributed by atoms with E-state index in [0.29, 0.717) is 16.6 Å². The number of aromatic nitrogens is 2. The summed E-state index contributed by atoms with van der Waals surface area (Å²) in [5, 5.41) is 3.19. The van der Waals surface area contributed by atoms with E-state index in [0.717, 1.165) is 18.7 Å². The molecular weight excluding hydrogens is 252 g/mol. The maximum absolute atomic E-state index is 5.56. The monoisotopic (exact) mass is 270 g/mol. The van der Waals surface area contributed by atoms with Gasteiger partial charge in [-0.15, -0.1) is 0 Å². The lowest BCUT2D eigenvalue weighted by Crippen LogP contribution is -2.15. The Morgan fingerprint density at radius 1 is 1.47 bits per heavy atom. The predicted octanol–water partition coefficient (Wildman–Crippen LogP) is 1.97. The van der Waals surface area contributed by atoms with Gasteiger partial charge in [0.1, 0.15) is 10.7 Å². The van der Waals surface area contributed by atoms with Crippen molar-refractivity contribution in [2.75, 3.05) is 23.9 Å². The Morgan fingerprint density at radius 2 is 2.24 bits per heavy atom. The molecule has 0 saturated heterocycles. The fourth-order valence-corrected chi connectivity index (χ4v) is 1.94. The first kappa shape index (κ1) is 14.2. The Balaban J connectivity index is 2.50. The molecule has 0 amide bonds. The van der Waals surface area contributed by atoms with Gasteiger partial charge in [0.25, 0.3) is 0 Å². The van der Waals surface area contributed by atoms with Gasteiger partial charge in [0.05, 0.1) is 0 Å². The van der Waals surface area contributed by atoms with Crippen LogP contribution in [0.25, 0.3) is 0 Å². The van der Waals surface area contributed by atoms with Gasteiger partial charge in [-0.2, -0.15) is 11.8 Å². The number of unbranched alkanes of at least 4 members (excludes halogenated alkanes) is 1. The van der Waals surface area contributed by atoms with Crippen LogP contribution in [0.15, 0.2) is 6.07 Å². The number of anilines is 1. The Hall–Kier alpha value is -0.880. The number of hydrogen-bond donors (Lipinski definition) is 2. The van der Waals surface area contributed by atoms with Crippen molar-refractivity contribution < 1.29 is 0 Å². The van der Waals surface area contributed by atoms with Crippen molar-refractivity contribution in [1.29, 1.82) is 0 Å². The van der Waals surface area contributed by atoms with Crippen LogP contribution in [0.1, 0.15) is 24.2 Å². The topological polar surface area (TPSA) is 63.8 Å². The standard InChI is InChI=1S/C11H18N4S2/c1-8-7-9(10(12)16)15-11(14-8)13-5-3-4-6-17-2/h7H,3-6H2,1-2H3,(H2,12,16)(H,13,14,15). The van der Waals surface area contributed by atoms with E-state index < -0.39 is 0 Å². The van der Waals surface area contributed by atoms with E-state index in [9.17, 15) is 0 Å². The van der Waals surface area contributed by atoms with E-state index in [1.807, 2.05) is 18.7 Å². The van der Waals surface area contributed by atoms with Crippen LogP contribution in [-0.2, 0) is 0 Å². The highest BCUT2D eigenvalue weighted by Gasteiger charge is 2.03. The summed E-state index contributed by atoms with van der Waals surface area (Å²) < 4.78 is 0. The van der Waals surface area contributed by atoms with Gasteiger partial charge in [0, 0.05) is 12.2 Å². The number of nitrogens with zero attached hydrogens (tertiary/aromatic N) is 2. The molecule has 0 atom stereocenters. The van der Waals surface area contributed by atoms with Gasteiger partial charge in [0.15, 0.2) is 0 Å². The zero-order chi connectivity index (χ0) is 12.7. The second-order valence-corrected chi connectivity index (χ2v) is 5.13. The maximum Gasteiger partial charge on any atom is 0.223 e. The zero-order valence-corrected chi connectivity index (χ0v) is 11.8. The SMILES string of the molecule is CSCCCCNc1nc(C)cc(C(N)=S)n1. The van der Waals surface area contributed by atoms with Gasteiger partial charge in [-0.25, -0.2) is 9.97 Å². The summed E-state index contributed by atoms with van der Waals surface area (Å²) in [6.07, 6.45) is 4.42. The lowest BCUT2D eigenvalue weighted by Gasteiger charge is -2.07. The second-order valence-electron chi connectivity index (χ2n) is 3.71. The van der Waals surface area contributed by atoms with Crippen LogP contribution in [0.2, 0.25) is 0 Å². The van der Waals surface area contributed by atoms with Gasteiger partial charge in [-0.05, 0) is 37.8 Å². The largest absolute Gasteiger partial charge is 0.388 e. The van der Waals surface area contributed by atoms with Gasteiger partial charge >= 0.3 is 0 Å². The lowest BCUT2D eigenvalue weighted by molar-refractivity contribution is 0.833. The summed E-state index contributed by atoms with van der Waals surface area (Å²) in [5.41, 5.74) is 7.05. The first-order valence-electron chi connectivity index (χ1n) is 5.52. The molecule has 0 radical (unpaired) electrons. The van der Waals surface area contributed by atoms with Crippen molar-refractivity contribution in [3.8, 4) is 0 Å². The molecule has 0 saturated carbocycles. The van der Waals surface area contributed by atoms with E-state index in [1.54, 1.807) is 6.07 Å². The summed E-state index contributed by atoms with van der Waals surface area (Å²) in [4.78, 5) is 8.86. The third-order valence-corrected chi connectivity index (χ3v) is 3.07. The molecule has 0 aliphatic carbocycles. The van der Waals surface area contributed by atoms with Crippen LogP contribution >= 0.6 is 24.0 Å². The molecule has 0 aliphatic rings. The predicted molar refractivity (Wildman–Crippen MR) is 78.8 cm³/mol. The normalized spacial score (nSPS) is 10.2. The molecule has 1 aromatic heterocycles. The number of thiocarbonyl (C=S) groups is 1. The van der Waals surface area contributed by atoms with Crippen molar-refractivity contribution in [3.63, 3.8) is 0 Å². The van der Waals surface area contributed by atoms with E-state index >= 15 is 0 Å². The number of hydrogen-bond acceptors (Lipinski definition) is 5. The molecule has 4 nitrogen and oxygen atoms in total. The van der Waals surface area contributed by atoms with Crippen LogP contribution in [0.4, 0.5) is 5.95 Å². The number of thioether (sulfide) groups is 1. The minimum Gasteiger partial charge on any atom is -0.388 e. The first-order chi connectivity index (χ1) is 8.13. The van der Waals surface area contributed by atoms with Crippen molar-refractivity contribution in [1.82, 2.24) is 9.97 Å². The molecule has 0 bridgehead atoms. The van der Waals surface area contributed by atoms with Crippen LogP contribution in [-0.4, -0.2) is 33.5 Å². The van der Waals surface area contributed by atoms with Crippen LogP contribution < -0.4 is 11.1 Å². The van der Waals surface area contributed by atoms with Gasteiger partial charge in [0.2, 0.25) is 5.95 Å². The van der Waals surface area contributed by atoms with Gasteiger partial charge in [-0.1, -0.05) is 12.2 Å². The summed E-state index contributed by atoms with van der Waals surface area (Å²) in [5.74, 6) is 1.80. The molecule has 0 fully saturated rings. The Kier molecular flexibility index (Phi) is 6.21. The van der Waals surface area contributed by atoms with E-state index in [-0.39, 0.29) is 0 Å². The zero-order valence-electron chi connectivity index (χ0n) is 10.2. The molecule has 17 heavy (non-hydrogen) atoms. The molecule has 0 unspecified atom stereocenters. The molecule has 6 heteroatoms. The maximum atomic E-state index is 5.56. The quantitative estimate of drug-likeness (QED) is 0.583. The van der Waals surface area contributed by atoms with Crippen molar-refractivity contribution in [2.45, 2.75) is 19.8 Å². The molecule has 94 valence electrons. The molecule has 1 heterocycles. The molecular formula is C11H18N4S2. The number of nitrogens with two attached hydrogens (primary N) is 1. The average molecular weight is 270 g/mol. The average Bonchev–Trinajstić information content (AvgIpc) is 2.28. The van der Waals surface area contributed by atoms with E-state index in [2.05, 4.69) is 21.5 Å². The highest BCUT2D eigenvalue weighted by molar-refractivity contribution is 7.98. The number of rotatable bonds is 7. The van der Waals surface area contributed by atoms with Crippen LogP contribution in [0.3, 0.4) is 0 Å². The highest BCUT2D eigenvalue weighted by atomic mass is 32.2. The van der Waals surface area contributed by atoms with E-state index in [1.165, 1.54) is 12.2 Å². The van der Waals surface area contributed by atoms with Crippen molar-refractivity contribution in [3.05, 3.63) is 17.5 Å². The lowest BCUT2D eigenvalue weighted by atomic mass is 10.3. The Morgan fingerprint density at radius 3 is 2.88 bits per heavy atom. The van der Waals surface area contributed by atoms with Gasteiger partial charge in [-0.3, -0.25) is 0 Å². The van der Waals surface area contributed by atoms with Crippen LogP contribution in [0.5, 0.6) is 0 Å². The molecule has 0 aromatic carbocycles. The number of aryl methyl sites for hydroxylation is 1. The third kappa shape index (κ3) is 5.32. The van der Waals surface area contributed by atoms with Crippen LogP contribution in [0, 0.1) is 6.92 Å². The third-order valence-electron chi connectivity index (χ3n) is 2.17. The first-order valence-corrected chi connectivity index (χ1v) is 7.32. The molecule has 0 aliphatic heterocycles. The minimum absolute atomic E-state index is 0.306. The Labute approximate surface area is 112 Å².